The summed E-state index contributed by atoms with van der Waals surface area (Å²) in [6.07, 6.45) is 9.26. The first-order valence-corrected chi connectivity index (χ1v) is 20.8. The highest BCUT2D eigenvalue weighted by atomic mass is 31.2. The second-order valence-electron chi connectivity index (χ2n) is 11.2. The molecular formula is C25H48NO6PSi2. The van der Waals surface area contributed by atoms with Gasteiger partial charge in [-0.05, 0) is 92.7 Å². The predicted octanol–water partition coefficient (Wildman–Crippen LogP) is 6.96. The lowest BCUT2D eigenvalue weighted by molar-refractivity contribution is -0.144. The fourth-order valence-electron chi connectivity index (χ4n) is 3.22. The van der Waals surface area contributed by atoms with Gasteiger partial charge in [-0.15, -0.1) is 0 Å². The summed E-state index contributed by atoms with van der Waals surface area (Å²) in [6.45, 7) is 19.6. The molecule has 0 saturated heterocycles. The van der Waals surface area contributed by atoms with Crippen LogP contribution in [0.2, 0.25) is 39.3 Å². The second-order valence-corrected chi connectivity index (χ2v) is 22.7. The molecule has 1 N–H and O–H groups in total. The van der Waals surface area contributed by atoms with E-state index in [9.17, 15) is 14.2 Å². The molecule has 7 nitrogen and oxygen atoms in total. The third-order valence-corrected chi connectivity index (χ3v) is 12.0. The maximum absolute atomic E-state index is 13.6. The van der Waals surface area contributed by atoms with Gasteiger partial charge in [-0.25, -0.2) is 4.79 Å². The van der Waals surface area contributed by atoms with Crippen molar-refractivity contribution in [3.8, 4) is 0 Å². The van der Waals surface area contributed by atoms with Crippen LogP contribution in [-0.4, -0.2) is 47.8 Å². The Bertz CT molecular complexity index is 829. The molecule has 0 rings (SSSR count). The number of esters is 1. The van der Waals surface area contributed by atoms with Crippen molar-refractivity contribution in [1.29, 1.82) is 0 Å². The summed E-state index contributed by atoms with van der Waals surface area (Å²) < 4.78 is 30.4. The number of hydrogen-bond donors (Lipinski definition) is 1. The maximum atomic E-state index is 13.6. The maximum Gasteiger partial charge on any atom is 0.329 e. The molecule has 0 unspecified atom stereocenters. The highest BCUT2D eigenvalue weighted by Crippen LogP contribution is 2.53. The summed E-state index contributed by atoms with van der Waals surface area (Å²) in [6, 6.07) is -1.13. The fourth-order valence-corrected chi connectivity index (χ4v) is 11.7. The Kier molecular flexibility index (Phi) is 14.6. The summed E-state index contributed by atoms with van der Waals surface area (Å²) in [5.41, 5.74) is 3.54. The molecule has 202 valence electrons. The van der Waals surface area contributed by atoms with Crippen LogP contribution >= 0.6 is 7.60 Å². The molecule has 0 bridgehead atoms. The number of amides is 1. The normalized spacial score (nSPS) is 14.4. The molecule has 0 aliphatic carbocycles. The molecule has 1 amide bonds. The zero-order valence-electron chi connectivity index (χ0n) is 23.7. The minimum atomic E-state index is -3.65. The van der Waals surface area contributed by atoms with Crippen LogP contribution in [0.4, 0.5) is 0 Å². The average molecular weight is 546 g/mol. The van der Waals surface area contributed by atoms with Gasteiger partial charge >= 0.3 is 13.6 Å². The van der Waals surface area contributed by atoms with Crippen molar-refractivity contribution in [2.45, 2.75) is 98.7 Å². The van der Waals surface area contributed by atoms with E-state index in [1.165, 1.54) is 24.3 Å². The molecule has 0 radical (unpaired) electrons. The Hall–Kier alpha value is -1.26. The first-order valence-electron chi connectivity index (χ1n) is 12.2. The molecule has 0 aliphatic heterocycles. The molecule has 0 spiro atoms. The Balaban J connectivity index is 5.32. The highest BCUT2D eigenvalue weighted by Gasteiger charge is 2.41. The van der Waals surface area contributed by atoms with Gasteiger partial charge in [0.1, 0.15) is 6.04 Å². The SMILES string of the molecule is COC(=O)[C@H](CP(=O)(O[Si](C)(C)C)O[Si](C)(C)C)NC(=O)/C=C(\C)CC/C=C(\C)CCC=C(C)C. The first-order chi connectivity index (χ1) is 15.9. The fraction of sp³-hybridized carbons (Fsp3) is 0.680. The van der Waals surface area contributed by atoms with Crippen molar-refractivity contribution >= 4 is 36.1 Å². The molecule has 0 heterocycles. The van der Waals surface area contributed by atoms with Gasteiger partial charge < -0.3 is 18.5 Å². The average Bonchev–Trinajstić information content (AvgIpc) is 2.63. The summed E-state index contributed by atoms with van der Waals surface area (Å²) in [4.78, 5) is 25.1. The van der Waals surface area contributed by atoms with Crippen LogP contribution in [0.15, 0.2) is 34.9 Å². The molecule has 0 aromatic rings. The van der Waals surface area contributed by atoms with Gasteiger partial charge in [0, 0.05) is 6.08 Å². The Labute approximate surface area is 215 Å². The number of methoxy groups -OCH3 is 1. The standard InChI is InChI=1S/C25H48NO6PSi2/c1-20(2)14-12-15-21(3)16-13-17-22(4)18-24(27)26-23(25(28)30-5)19-33(29,31-34(6,7)8)32-35(9,10)11/h14,16,18,23H,12-13,15,17,19H2,1-11H3,(H,26,27)/b21-16+,22-18+/t23-/m0/s1. The Morgan fingerprint density at radius 3 is 1.80 bits per heavy atom. The zero-order valence-corrected chi connectivity index (χ0v) is 26.6. The van der Waals surface area contributed by atoms with Gasteiger partial charge in [-0.2, -0.15) is 0 Å². The topological polar surface area (TPSA) is 90.9 Å². The lowest BCUT2D eigenvalue weighted by atomic mass is 10.1. The van der Waals surface area contributed by atoms with Gasteiger partial charge in [0.15, 0.2) is 16.6 Å². The smallest absolute Gasteiger partial charge is 0.329 e. The largest absolute Gasteiger partial charge is 0.467 e. The van der Waals surface area contributed by atoms with Gasteiger partial charge in [-0.1, -0.05) is 28.9 Å². The number of carbonyl (C=O) groups is 2. The van der Waals surface area contributed by atoms with Crippen molar-refractivity contribution in [2.24, 2.45) is 0 Å². The van der Waals surface area contributed by atoms with E-state index < -0.39 is 42.1 Å². The first kappa shape index (κ1) is 33.7. The Morgan fingerprint density at radius 2 is 1.34 bits per heavy atom. The summed E-state index contributed by atoms with van der Waals surface area (Å²) in [7, 11) is -6.93. The highest BCUT2D eigenvalue weighted by molar-refractivity contribution is 7.57. The van der Waals surface area contributed by atoms with E-state index in [-0.39, 0.29) is 6.16 Å². The van der Waals surface area contributed by atoms with Crippen LogP contribution in [0.25, 0.3) is 0 Å². The van der Waals surface area contributed by atoms with E-state index in [4.69, 9.17) is 13.2 Å². The predicted molar refractivity (Wildman–Crippen MR) is 151 cm³/mol. The lowest BCUT2D eigenvalue weighted by Crippen LogP contribution is -2.45. The Morgan fingerprint density at radius 1 is 0.857 bits per heavy atom. The van der Waals surface area contributed by atoms with Crippen LogP contribution < -0.4 is 5.32 Å². The molecular weight excluding hydrogens is 497 g/mol. The monoisotopic (exact) mass is 545 g/mol. The zero-order chi connectivity index (χ0) is 27.4. The van der Waals surface area contributed by atoms with Crippen LogP contribution in [0, 0.1) is 0 Å². The molecule has 0 aromatic carbocycles. The summed E-state index contributed by atoms with van der Waals surface area (Å²) in [5.74, 6) is -1.12. The number of nitrogens with one attached hydrogen (secondary N) is 1. The van der Waals surface area contributed by atoms with E-state index in [0.717, 1.165) is 31.3 Å². The molecule has 1 atom stereocenters. The van der Waals surface area contributed by atoms with E-state index in [2.05, 4.69) is 38.2 Å². The number of allylic oxidation sites excluding steroid dienone is 5. The summed E-state index contributed by atoms with van der Waals surface area (Å²) in [5, 5.41) is 2.65. The van der Waals surface area contributed by atoms with Crippen molar-refractivity contribution in [1.82, 2.24) is 5.32 Å². The van der Waals surface area contributed by atoms with Gasteiger partial charge in [0.05, 0.1) is 13.3 Å². The minimum absolute atomic E-state index is 0.263. The molecule has 0 saturated carbocycles. The van der Waals surface area contributed by atoms with Gasteiger partial charge in [0.25, 0.3) is 0 Å². The third kappa shape index (κ3) is 17.8. The van der Waals surface area contributed by atoms with Gasteiger partial charge in [-0.3, -0.25) is 9.36 Å². The lowest BCUT2D eigenvalue weighted by Gasteiger charge is -2.32. The molecule has 35 heavy (non-hydrogen) atoms. The van der Waals surface area contributed by atoms with E-state index in [1.54, 1.807) is 0 Å². The van der Waals surface area contributed by atoms with Crippen molar-refractivity contribution in [3.05, 3.63) is 34.9 Å². The second kappa shape index (κ2) is 15.1. The van der Waals surface area contributed by atoms with E-state index in [1.807, 2.05) is 46.2 Å². The van der Waals surface area contributed by atoms with Crippen LogP contribution in [0.3, 0.4) is 0 Å². The van der Waals surface area contributed by atoms with E-state index >= 15 is 0 Å². The van der Waals surface area contributed by atoms with Crippen molar-refractivity contribution < 1.29 is 27.3 Å². The number of hydrogen-bond acceptors (Lipinski definition) is 6. The van der Waals surface area contributed by atoms with Crippen molar-refractivity contribution in [3.63, 3.8) is 0 Å². The van der Waals surface area contributed by atoms with Gasteiger partial charge in [0.2, 0.25) is 5.91 Å². The number of rotatable bonds is 15. The number of carbonyl (C=O) groups excluding carboxylic acids is 2. The minimum Gasteiger partial charge on any atom is -0.467 e. The van der Waals surface area contributed by atoms with Crippen molar-refractivity contribution in [2.75, 3.05) is 13.3 Å². The van der Waals surface area contributed by atoms with E-state index in [0.29, 0.717) is 0 Å². The molecule has 10 heteroatoms. The number of ether oxygens (including phenoxy) is 1. The summed E-state index contributed by atoms with van der Waals surface area (Å²) >= 11 is 0. The molecule has 0 fully saturated rings. The quantitative estimate of drug-likeness (QED) is 0.0786. The van der Waals surface area contributed by atoms with Crippen LogP contribution in [-0.2, 0) is 27.3 Å². The van der Waals surface area contributed by atoms with Crippen LogP contribution in [0.5, 0.6) is 0 Å². The third-order valence-electron chi connectivity index (χ3n) is 4.53. The van der Waals surface area contributed by atoms with Crippen LogP contribution in [0.1, 0.15) is 53.4 Å². The molecule has 0 aromatic heterocycles. The molecule has 0 aliphatic rings.